The molecule has 0 saturated heterocycles. The van der Waals surface area contributed by atoms with Crippen molar-refractivity contribution in [1.82, 2.24) is 0 Å². The quantitative estimate of drug-likeness (QED) is 0.593. The van der Waals surface area contributed by atoms with Crippen LogP contribution in [0.25, 0.3) is 0 Å². The predicted octanol–water partition coefficient (Wildman–Crippen LogP) is 2.50. The van der Waals surface area contributed by atoms with Gasteiger partial charge in [0, 0.05) is 5.41 Å². The lowest BCUT2D eigenvalue weighted by atomic mass is 9.57. The van der Waals surface area contributed by atoms with Crippen molar-refractivity contribution < 1.29 is 5.11 Å². The smallest absolute Gasteiger partial charge is 0.0602 e. The third kappa shape index (κ3) is 1.03. The zero-order valence-electron chi connectivity index (χ0n) is 8.01. The average Bonchev–Trinajstić information content (AvgIpc) is 2.06. The predicted molar refractivity (Wildman–Crippen MR) is 49.8 cm³/mol. The number of rotatable bonds is 1. The van der Waals surface area contributed by atoms with Crippen LogP contribution in [-0.2, 0) is 0 Å². The molecule has 3 rings (SSSR count). The summed E-state index contributed by atoms with van der Waals surface area (Å²) in [6.07, 6.45) is 9.30. The largest absolute Gasteiger partial charge is 0.393 e. The SMILES string of the molecule is CC(O)C12C=CC(C)(CC1)CC2. The van der Waals surface area contributed by atoms with Crippen molar-refractivity contribution in [2.24, 2.45) is 10.8 Å². The normalized spacial score (nSPS) is 47.9. The van der Waals surface area contributed by atoms with E-state index < -0.39 is 0 Å². The number of aliphatic hydroxyl groups excluding tert-OH is 1. The van der Waals surface area contributed by atoms with E-state index in [2.05, 4.69) is 19.1 Å². The third-order valence-corrected chi connectivity index (χ3v) is 3.97. The van der Waals surface area contributed by atoms with Crippen LogP contribution in [0.3, 0.4) is 0 Å². The molecule has 0 amide bonds. The summed E-state index contributed by atoms with van der Waals surface area (Å²) in [5, 5.41) is 9.68. The molecule has 1 unspecified atom stereocenters. The highest BCUT2D eigenvalue weighted by atomic mass is 16.3. The van der Waals surface area contributed by atoms with Gasteiger partial charge in [-0.15, -0.1) is 0 Å². The van der Waals surface area contributed by atoms with Crippen molar-refractivity contribution in [2.45, 2.75) is 45.6 Å². The van der Waals surface area contributed by atoms with E-state index in [1.54, 1.807) is 0 Å². The minimum absolute atomic E-state index is 0.137. The molecule has 0 aliphatic heterocycles. The summed E-state index contributed by atoms with van der Waals surface area (Å²) in [6, 6.07) is 0. The first-order valence-electron chi connectivity index (χ1n) is 4.95. The van der Waals surface area contributed by atoms with E-state index in [-0.39, 0.29) is 11.5 Å². The van der Waals surface area contributed by atoms with E-state index in [9.17, 15) is 5.11 Å². The molecule has 1 saturated carbocycles. The number of aliphatic hydroxyl groups is 1. The van der Waals surface area contributed by atoms with E-state index >= 15 is 0 Å². The number of allylic oxidation sites excluding steroid dienone is 1. The van der Waals surface area contributed by atoms with Gasteiger partial charge in [-0.3, -0.25) is 0 Å². The van der Waals surface area contributed by atoms with Gasteiger partial charge >= 0.3 is 0 Å². The van der Waals surface area contributed by atoms with Gasteiger partial charge in [-0.05, 0) is 38.0 Å². The Morgan fingerprint density at radius 3 is 2.08 bits per heavy atom. The van der Waals surface area contributed by atoms with Crippen molar-refractivity contribution in [3.05, 3.63) is 12.2 Å². The fourth-order valence-electron chi connectivity index (χ4n) is 2.54. The molecule has 1 N–H and O–H groups in total. The fraction of sp³-hybridized carbons (Fsp3) is 0.818. The second kappa shape index (κ2) is 2.35. The van der Waals surface area contributed by atoms with Gasteiger partial charge in [0.1, 0.15) is 0 Å². The number of hydrogen-bond acceptors (Lipinski definition) is 1. The molecule has 1 nitrogen and oxygen atoms in total. The molecule has 3 aliphatic rings. The van der Waals surface area contributed by atoms with Gasteiger partial charge in [-0.25, -0.2) is 0 Å². The Morgan fingerprint density at radius 2 is 1.75 bits per heavy atom. The first-order valence-corrected chi connectivity index (χ1v) is 4.95. The lowest BCUT2D eigenvalue weighted by Crippen LogP contribution is -2.41. The van der Waals surface area contributed by atoms with Crippen LogP contribution >= 0.6 is 0 Å². The van der Waals surface area contributed by atoms with Crippen LogP contribution in [0, 0.1) is 10.8 Å². The van der Waals surface area contributed by atoms with Crippen molar-refractivity contribution in [2.75, 3.05) is 0 Å². The molecule has 1 fully saturated rings. The van der Waals surface area contributed by atoms with E-state index in [0.29, 0.717) is 5.41 Å². The molecule has 68 valence electrons. The molecule has 1 atom stereocenters. The number of fused-ring (bicyclic) bond motifs is 2. The summed E-state index contributed by atoms with van der Waals surface area (Å²) in [6.45, 7) is 4.26. The molecular formula is C11H18O. The van der Waals surface area contributed by atoms with Crippen LogP contribution in [0.5, 0.6) is 0 Å². The Balaban J connectivity index is 2.28. The van der Waals surface area contributed by atoms with Crippen molar-refractivity contribution in [3.8, 4) is 0 Å². The van der Waals surface area contributed by atoms with Crippen LogP contribution in [-0.4, -0.2) is 11.2 Å². The standard InChI is InChI=1S/C11H18O/c1-9(12)11-6-3-10(2,4-7-11)5-8-11/h3,6,9,12H,4-5,7-8H2,1-2H3. The van der Waals surface area contributed by atoms with Gasteiger partial charge in [0.15, 0.2) is 0 Å². The maximum absolute atomic E-state index is 9.68. The Hall–Kier alpha value is -0.300. The summed E-state index contributed by atoms with van der Waals surface area (Å²) < 4.78 is 0. The lowest BCUT2D eigenvalue weighted by Gasteiger charge is -2.48. The molecule has 1 heteroatoms. The monoisotopic (exact) mass is 166 g/mol. The Morgan fingerprint density at radius 1 is 1.17 bits per heavy atom. The van der Waals surface area contributed by atoms with E-state index in [1.165, 1.54) is 25.7 Å². The zero-order valence-corrected chi connectivity index (χ0v) is 8.01. The minimum atomic E-state index is -0.168. The van der Waals surface area contributed by atoms with Crippen LogP contribution < -0.4 is 0 Å². The Labute approximate surface area is 74.5 Å². The van der Waals surface area contributed by atoms with E-state index in [0.717, 1.165) is 0 Å². The molecule has 0 radical (unpaired) electrons. The molecule has 3 aliphatic carbocycles. The van der Waals surface area contributed by atoms with Crippen LogP contribution in [0.1, 0.15) is 39.5 Å². The van der Waals surface area contributed by atoms with Crippen molar-refractivity contribution in [1.29, 1.82) is 0 Å². The Bertz CT molecular complexity index is 207. The van der Waals surface area contributed by atoms with Gasteiger partial charge in [0.05, 0.1) is 6.10 Å². The molecule has 12 heavy (non-hydrogen) atoms. The third-order valence-electron chi connectivity index (χ3n) is 3.97. The summed E-state index contributed by atoms with van der Waals surface area (Å²) in [4.78, 5) is 0. The van der Waals surface area contributed by atoms with Gasteiger partial charge in [0.25, 0.3) is 0 Å². The molecule has 0 heterocycles. The maximum atomic E-state index is 9.68. The van der Waals surface area contributed by atoms with E-state index in [1.807, 2.05) is 6.92 Å². The van der Waals surface area contributed by atoms with Crippen molar-refractivity contribution in [3.63, 3.8) is 0 Å². The zero-order chi connectivity index (χ0) is 8.82. The highest BCUT2D eigenvalue weighted by Gasteiger charge is 2.44. The Kier molecular flexibility index (Phi) is 1.63. The first-order chi connectivity index (χ1) is 5.56. The first kappa shape index (κ1) is 8.31. The van der Waals surface area contributed by atoms with Gasteiger partial charge in [0.2, 0.25) is 0 Å². The fourth-order valence-corrected chi connectivity index (χ4v) is 2.54. The molecule has 0 spiro atoms. The van der Waals surface area contributed by atoms with Crippen LogP contribution in [0.2, 0.25) is 0 Å². The number of hydrogen-bond donors (Lipinski definition) is 1. The van der Waals surface area contributed by atoms with Crippen LogP contribution in [0.15, 0.2) is 12.2 Å². The molecule has 2 bridgehead atoms. The summed E-state index contributed by atoms with van der Waals surface area (Å²) >= 11 is 0. The second-order valence-corrected chi connectivity index (χ2v) is 4.90. The topological polar surface area (TPSA) is 20.2 Å². The van der Waals surface area contributed by atoms with Gasteiger partial charge < -0.3 is 5.11 Å². The highest BCUT2D eigenvalue weighted by molar-refractivity contribution is 5.17. The maximum Gasteiger partial charge on any atom is 0.0602 e. The summed E-state index contributed by atoms with van der Waals surface area (Å²) in [7, 11) is 0. The van der Waals surface area contributed by atoms with E-state index in [4.69, 9.17) is 0 Å². The van der Waals surface area contributed by atoms with Crippen molar-refractivity contribution >= 4 is 0 Å². The average molecular weight is 166 g/mol. The minimum Gasteiger partial charge on any atom is -0.393 e. The van der Waals surface area contributed by atoms with Gasteiger partial charge in [-0.2, -0.15) is 0 Å². The molecular weight excluding hydrogens is 148 g/mol. The molecule has 0 aromatic carbocycles. The van der Waals surface area contributed by atoms with Gasteiger partial charge in [-0.1, -0.05) is 19.1 Å². The highest BCUT2D eigenvalue weighted by Crippen LogP contribution is 2.53. The molecule has 0 aromatic rings. The molecule has 0 aromatic heterocycles. The lowest BCUT2D eigenvalue weighted by molar-refractivity contribution is 0.0106. The summed E-state index contributed by atoms with van der Waals surface area (Å²) in [5.74, 6) is 0. The second-order valence-electron chi connectivity index (χ2n) is 4.90. The summed E-state index contributed by atoms with van der Waals surface area (Å²) in [5.41, 5.74) is 0.592. The van der Waals surface area contributed by atoms with Crippen LogP contribution in [0.4, 0.5) is 0 Å².